The van der Waals surface area contributed by atoms with Crippen LogP contribution in [-0.4, -0.2) is 17.7 Å². The van der Waals surface area contributed by atoms with Crippen molar-refractivity contribution in [1.82, 2.24) is 0 Å². The topological polar surface area (TPSA) is 86.3 Å². The fraction of sp³-hybridized carbons (Fsp3) is 0.353. The second-order valence-electron chi connectivity index (χ2n) is 5.65. The van der Waals surface area contributed by atoms with Crippen molar-refractivity contribution in [1.29, 1.82) is 0 Å². The summed E-state index contributed by atoms with van der Waals surface area (Å²) in [4.78, 5) is 34.8. The SMILES string of the molecule is CC(=O)c1ccc(NC(=O)[C@@H]2CC(C)=CC[C@H]2C(=O)[O-])cc1. The Bertz CT molecular complexity index is 631. The molecule has 5 heteroatoms. The van der Waals surface area contributed by atoms with Crippen LogP contribution in [-0.2, 0) is 9.59 Å². The summed E-state index contributed by atoms with van der Waals surface area (Å²) >= 11 is 0. The van der Waals surface area contributed by atoms with Crippen molar-refractivity contribution >= 4 is 23.3 Å². The summed E-state index contributed by atoms with van der Waals surface area (Å²) in [7, 11) is 0. The first-order valence-electron chi connectivity index (χ1n) is 7.17. The zero-order valence-electron chi connectivity index (χ0n) is 12.6. The first-order valence-corrected chi connectivity index (χ1v) is 7.17. The van der Waals surface area contributed by atoms with Crippen LogP contribution < -0.4 is 10.4 Å². The molecule has 0 spiro atoms. The van der Waals surface area contributed by atoms with Crippen molar-refractivity contribution < 1.29 is 19.5 Å². The number of rotatable bonds is 4. The summed E-state index contributed by atoms with van der Waals surface area (Å²) in [6.45, 7) is 3.35. The molecule has 0 heterocycles. The van der Waals surface area contributed by atoms with Crippen molar-refractivity contribution in [2.75, 3.05) is 5.32 Å². The van der Waals surface area contributed by atoms with Crippen LogP contribution in [0.2, 0.25) is 0 Å². The van der Waals surface area contributed by atoms with Gasteiger partial charge in [0.1, 0.15) is 0 Å². The van der Waals surface area contributed by atoms with Gasteiger partial charge in [-0.05, 0) is 51.0 Å². The Morgan fingerprint density at radius 2 is 1.77 bits per heavy atom. The molecular weight excluding hydrogens is 282 g/mol. The highest BCUT2D eigenvalue weighted by molar-refractivity contribution is 5.97. The number of allylic oxidation sites excluding steroid dienone is 2. The average Bonchev–Trinajstić information content (AvgIpc) is 2.47. The Balaban J connectivity index is 2.11. The molecule has 0 unspecified atom stereocenters. The number of nitrogens with one attached hydrogen (secondary N) is 1. The van der Waals surface area contributed by atoms with E-state index in [1.165, 1.54) is 6.92 Å². The lowest BCUT2D eigenvalue weighted by atomic mass is 9.79. The smallest absolute Gasteiger partial charge is 0.228 e. The Hall–Kier alpha value is -2.43. The molecule has 5 nitrogen and oxygen atoms in total. The van der Waals surface area contributed by atoms with E-state index in [2.05, 4.69) is 5.32 Å². The molecular formula is C17H18NO4-. The fourth-order valence-corrected chi connectivity index (χ4v) is 2.62. The van der Waals surface area contributed by atoms with E-state index in [-0.39, 0.29) is 11.7 Å². The minimum Gasteiger partial charge on any atom is -0.550 e. The van der Waals surface area contributed by atoms with Gasteiger partial charge in [0.2, 0.25) is 5.91 Å². The van der Waals surface area contributed by atoms with Gasteiger partial charge in [-0.1, -0.05) is 11.6 Å². The average molecular weight is 300 g/mol. The molecule has 0 fully saturated rings. The second kappa shape index (κ2) is 6.56. The van der Waals surface area contributed by atoms with Crippen LogP contribution in [0, 0.1) is 11.8 Å². The van der Waals surface area contributed by atoms with Crippen molar-refractivity contribution in [3.05, 3.63) is 41.5 Å². The summed E-state index contributed by atoms with van der Waals surface area (Å²) < 4.78 is 0. The molecule has 116 valence electrons. The molecule has 2 atom stereocenters. The standard InChI is InChI=1S/C17H19NO4/c1-10-3-8-14(17(21)22)15(9-10)16(20)18-13-6-4-12(5-7-13)11(2)19/h3-7,14-15H,8-9H2,1-2H3,(H,18,20)(H,21,22)/p-1/t14-,15-/m1/s1. The highest BCUT2D eigenvalue weighted by Gasteiger charge is 2.31. The Labute approximate surface area is 129 Å². The van der Waals surface area contributed by atoms with E-state index < -0.39 is 17.8 Å². The van der Waals surface area contributed by atoms with Crippen molar-refractivity contribution in [3.8, 4) is 0 Å². The van der Waals surface area contributed by atoms with Gasteiger partial charge in [-0.25, -0.2) is 0 Å². The van der Waals surface area contributed by atoms with Gasteiger partial charge >= 0.3 is 0 Å². The molecule has 1 aliphatic rings. The van der Waals surface area contributed by atoms with E-state index in [4.69, 9.17) is 0 Å². The molecule has 0 aliphatic heterocycles. The predicted octanol–water partition coefficient (Wildman–Crippen LogP) is 1.55. The maximum Gasteiger partial charge on any atom is 0.228 e. The van der Waals surface area contributed by atoms with E-state index in [0.717, 1.165) is 5.57 Å². The third-order valence-corrected chi connectivity index (χ3v) is 3.95. The lowest BCUT2D eigenvalue weighted by molar-refractivity contribution is -0.313. The fourth-order valence-electron chi connectivity index (χ4n) is 2.62. The number of benzene rings is 1. The summed E-state index contributed by atoms with van der Waals surface area (Å²) in [5.41, 5.74) is 2.10. The number of aliphatic carboxylic acids is 1. The van der Waals surface area contributed by atoms with Crippen LogP contribution in [0.15, 0.2) is 35.9 Å². The number of hydrogen-bond donors (Lipinski definition) is 1. The second-order valence-corrected chi connectivity index (χ2v) is 5.65. The molecule has 22 heavy (non-hydrogen) atoms. The summed E-state index contributed by atoms with van der Waals surface area (Å²) in [6.07, 6.45) is 2.57. The molecule has 0 bridgehead atoms. The lowest BCUT2D eigenvalue weighted by Crippen LogP contribution is -2.42. The van der Waals surface area contributed by atoms with Gasteiger partial charge in [0.05, 0.1) is 5.92 Å². The number of carbonyl (C=O) groups excluding carboxylic acids is 3. The lowest BCUT2D eigenvalue weighted by Gasteiger charge is -2.30. The summed E-state index contributed by atoms with van der Waals surface area (Å²) in [5, 5.41) is 13.9. The van der Waals surface area contributed by atoms with Crippen LogP contribution in [0.25, 0.3) is 0 Å². The quantitative estimate of drug-likeness (QED) is 0.675. The maximum atomic E-state index is 12.4. The largest absolute Gasteiger partial charge is 0.550 e. The van der Waals surface area contributed by atoms with Gasteiger partial charge in [0.25, 0.3) is 0 Å². The zero-order valence-corrected chi connectivity index (χ0v) is 12.6. The van der Waals surface area contributed by atoms with Gasteiger partial charge in [-0.3, -0.25) is 9.59 Å². The van der Waals surface area contributed by atoms with Gasteiger partial charge in [0, 0.05) is 23.1 Å². The first-order chi connectivity index (χ1) is 10.4. The first kappa shape index (κ1) is 15.9. The number of carboxylic acids is 1. The molecule has 1 amide bonds. The van der Waals surface area contributed by atoms with E-state index in [1.807, 2.05) is 13.0 Å². The van der Waals surface area contributed by atoms with Gasteiger partial charge in [-0.2, -0.15) is 0 Å². The minimum atomic E-state index is -1.20. The molecule has 2 rings (SSSR count). The third-order valence-electron chi connectivity index (χ3n) is 3.95. The Morgan fingerprint density at radius 3 is 2.32 bits per heavy atom. The van der Waals surface area contributed by atoms with E-state index in [1.54, 1.807) is 24.3 Å². The number of hydrogen-bond acceptors (Lipinski definition) is 4. The highest BCUT2D eigenvalue weighted by atomic mass is 16.4. The van der Waals surface area contributed by atoms with Crippen LogP contribution >= 0.6 is 0 Å². The maximum absolute atomic E-state index is 12.4. The van der Waals surface area contributed by atoms with E-state index >= 15 is 0 Å². The number of amides is 1. The van der Waals surface area contributed by atoms with Crippen LogP contribution in [0.4, 0.5) is 5.69 Å². The summed E-state index contributed by atoms with van der Waals surface area (Å²) in [5.74, 6) is -3.03. The Kier molecular flexibility index (Phi) is 4.75. The molecule has 0 saturated carbocycles. The number of carboxylic acid groups (broad SMARTS) is 1. The van der Waals surface area contributed by atoms with Crippen LogP contribution in [0.3, 0.4) is 0 Å². The third kappa shape index (κ3) is 3.61. The van der Waals surface area contributed by atoms with Crippen molar-refractivity contribution in [2.45, 2.75) is 26.7 Å². The number of carbonyl (C=O) groups is 3. The molecule has 1 aromatic rings. The molecule has 1 N–H and O–H groups in total. The molecule has 0 aromatic heterocycles. The monoisotopic (exact) mass is 300 g/mol. The van der Waals surface area contributed by atoms with Gasteiger partial charge in [-0.15, -0.1) is 0 Å². The van der Waals surface area contributed by atoms with Gasteiger partial charge in [0.15, 0.2) is 5.78 Å². The van der Waals surface area contributed by atoms with Crippen LogP contribution in [0.1, 0.15) is 37.0 Å². The highest BCUT2D eigenvalue weighted by Crippen LogP contribution is 2.30. The normalized spacial score (nSPS) is 20.9. The number of Topliss-reactive ketones (excluding diaryl/α,β-unsaturated/α-hetero) is 1. The van der Waals surface area contributed by atoms with Crippen molar-refractivity contribution in [3.63, 3.8) is 0 Å². The van der Waals surface area contributed by atoms with E-state index in [0.29, 0.717) is 24.1 Å². The molecule has 1 aromatic carbocycles. The molecule has 0 saturated heterocycles. The van der Waals surface area contributed by atoms with Gasteiger partial charge < -0.3 is 15.2 Å². The number of anilines is 1. The number of ketones is 1. The summed E-state index contributed by atoms with van der Waals surface area (Å²) in [6, 6.07) is 6.52. The van der Waals surface area contributed by atoms with E-state index in [9.17, 15) is 19.5 Å². The Morgan fingerprint density at radius 1 is 1.14 bits per heavy atom. The predicted molar refractivity (Wildman–Crippen MR) is 80.1 cm³/mol. The molecule has 0 radical (unpaired) electrons. The molecule has 1 aliphatic carbocycles. The minimum absolute atomic E-state index is 0.0528. The van der Waals surface area contributed by atoms with Crippen molar-refractivity contribution in [2.24, 2.45) is 11.8 Å². The zero-order chi connectivity index (χ0) is 16.3. The van der Waals surface area contributed by atoms with Crippen LogP contribution in [0.5, 0.6) is 0 Å².